The zero-order valence-electron chi connectivity index (χ0n) is 14.3. The minimum absolute atomic E-state index is 0.249. The molecule has 0 aromatic heterocycles. The van der Waals surface area contributed by atoms with E-state index in [0.29, 0.717) is 24.6 Å². The molecule has 0 unspecified atom stereocenters. The minimum atomic E-state index is -0.484. The summed E-state index contributed by atoms with van der Waals surface area (Å²) in [6.45, 7) is 9.01. The highest BCUT2D eigenvalue weighted by Crippen LogP contribution is 2.38. The van der Waals surface area contributed by atoms with Gasteiger partial charge < -0.3 is 14.4 Å². The van der Waals surface area contributed by atoms with Gasteiger partial charge in [0.25, 0.3) is 0 Å². The molecule has 5 nitrogen and oxygen atoms in total. The van der Waals surface area contributed by atoms with Crippen molar-refractivity contribution in [2.45, 2.75) is 52.6 Å². The molecule has 1 amide bonds. The number of nitrogens with zero attached hydrogens (tertiary/aromatic N) is 1. The number of hydrogen-bond acceptors (Lipinski definition) is 5. The van der Waals surface area contributed by atoms with Crippen molar-refractivity contribution in [3.8, 4) is 0 Å². The van der Waals surface area contributed by atoms with Crippen LogP contribution in [0.15, 0.2) is 21.5 Å². The number of carbonyl (C=O) groups is 2. The van der Waals surface area contributed by atoms with Gasteiger partial charge >= 0.3 is 12.1 Å². The van der Waals surface area contributed by atoms with E-state index in [1.165, 1.54) is 22.2 Å². The number of amides is 1. The van der Waals surface area contributed by atoms with Crippen LogP contribution in [0.3, 0.4) is 0 Å². The maximum Gasteiger partial charge on any atom is 0.410 e. The van der Waals surface area contributed by atoms with Crippen molar-refractivity contribution in [3.05, 3.63) is 21.5 Å². The molecule has 0 aromatic carbocycles. The number of esters is 1. The fraction of sp³-hybridized carbons (Fsp3) is 0.647. The van der Waals surface area contributed by atoms with E-state index < -0.39 is 5.60 Å². The molecule has 2 rings (SSSR count). The predicted octanol–water partition coefficient (Wildman–Crippen LogP) is 3.86. The number of ether oxygens (including phenoxy) is 2. The van der Waals surface area contributed by atoms with Gasteiger partial charge in [0.05, 0.1) is 11.5 Å². The van der Waals surface area contributed by atoms with Crippen LogP contribution in [0.25, 0.3) is 0 Å². The molecule has 2 aliphatic rings. The average Bonchev–Trinajstić information content (AvgIpc) is 2.67. The number of carbonyl (C=O) groups excluding carboxylic acids is 2. The summed E-state index contributed by atoms with van der Waals surface area (Å²) >= 11 is 1.50. The second-order valence-corrected chi connectivity index (χ2v) is 7.74. The van der Waals surface area contributed by atoms with Gasteiger partial charge in [-0.3, -0.25) is 0 Å². The summed E-state index contributed by atoms with van der Waals surface area (Å²) in [5.41, 5.74) is 0.741. The van der Waals surface area contributed by atoms with Crippen LogP contribution in [0.4, 0.5) is 4.79 Å². The lowest BCUT2D eigenvalue weighted by Crippen LogP contribution is -2.40. The zero-order chi connectivity index (χ0) is 17.0. The van der Waals surface area contributed by atoms with Gasteiger partial charge in [-0.05, 0) is 57.4 Å². The molecule has 0 bridgehead atoms. The highest BCUT2D eigenvalue weighted by atomic mass is 32.2. The summed E-state index contributed by atoms with van der Waals surface area (Å²) < 4.78 is 10.5. The number of rotatable bonds is 2. The lowest BCUT2D eigenvalue weighted by atomic mass is 10.0. The van der Waals surface area contributed by atoms with Crippen LogP contribution in [0, 0.1) is 0 Å². The molecule has 2 heterocycles. The smallest absolute Gasteiger partial charge is 0.410 e. The van der Waals surface area contributed by atoms with E-state index in [4.69, 9.17) is 9.47 Å². The molecule has 0 fully saturated rings. The molecule has 23 heavy (non-hydrogen) atoms. The van der Waals surface area contributed by atoms with E-state index in [9.17, 15) is 9.59 Å². The van der Waals surface area contributed by atoms with E-state index >= 15 is 0 Å². The van der Waals surface area contributed by atoms with Crippen molar-refractivity contribution < 1.29 is 19.1 Å². The van der Waals surface area contributed by atoms with Crippen LogP contribution in [-0.2, 0) is 14.3 Å². The first-order chi connectivity index (χ1) is 10.8. The third-order valence-corrected chi connectivity index (χ3v) is 4.81. The highest BCUT2D eigenvalue weighted by Gasteiger charge is 2.29. The van der Waals surface area contributed by atoms with Crippen molar-refractivity contribution in [1.82, 2.24) is 4.90 Å². The fourth-order valence-corrected chi connectivity index (χ4v) is 3.63. The summed E-state index contributed by atoms with van der Waals surface area (Å²) in [6, 6.07) is 0. The third kappa shape index (κ3) is 5.03. The predicted molar refractivity (Wildman–Crippen MR) is 91.0 cm³/mol. The van der Waals surface area contributed by atoms with E-state index in [-0.39, 0.29) is 12.1 Å². The topological polar surface area (TPSA) is 55.8 Å². The van der Waals surface area contributed by atoms with Crippen LogP contribution in [0.1, 0.15) is 47.0 Å². The van der Waals surface area contributed by atoms with Crippen molar-refractivity contribution in [3.63, 3.8) is 0 Å². The number of thioether (sulfide) groups is 1. The van der Waals surface area contributed by atoms with Crippen LogP contribution in [-0.4, -0.2) is 42.3 Å². The van der Waals surface area contributed by atoms with Crippen LogP contribution >= 0.6 is 11.8 Å². The standard InChI is InChI=1S/C17H25NO4S/c1-5-21-15(19)14-8-6-7-12-11-18(10-9-13(12)23-14)16(20)22-17(2,3)4/h8H,5-7,9-11H2,1-4H3. The first-order valence-electron chi connectivity index (χ1n) is 8.04. The Hall–Kier alpha value is -1.43. The summed E-state index contributed by atoms with van der Waals surface area (Å²) in [5.74, 6) is -0.249. The monoisotopic (exact) mass is 339 g/mol. The molecule has 128 valence electrons. The van der Waals surface area contributed by atoms with Gasteiger partial charge in [-0.15, -0.1) is 0 Å². The van der Waals surface area contributed by atoms with Gasteiger partial charge in [0, 0.05) is 13.1 Å². The van der Waals surface area contributed by atoms with Gasteiger partial charge in [0.1, 0.15) is 5.60 Å². The van der Waals surface area contributed by atoms with Crippen molar-refractivity contribution >= 4 is 23.8 Å². The van der Waals surface area contributed by atoms with Gasteiger partial charge in [-0.25, -0.2) is 9.59 Å². The van der Waals surface area contributed by atoms with Crippen LogP contribution in [0.2, 0.25) is 0 Å². The average molecular weight is 339 g/mol. The Bertz CT molecular complexity index is 545. The summed E-state index contributed by atoms with van der Waals surface area (Å²) in [4.78, 5) is 27.8. The molecular weight excluding hydrogens is 314 g/mol. The SMILES string of the molecule is CCOC(=O)C1=CCCC2=C(CCN(C(=O)OC(C)(C)C)C2)S1. The molecule has 0 N–H and O–H groups in total. The van der Waals surface area contributed by atoms with Crippen LogP contribution < -0.4 is 0 Å². The maximum absolute atomic E-state index is 12.2. The lowest BCUT2D eigenvalue weighted by Gasteiger charge is -2.32. The Morgan fingerprint density at radius 3 is 2.70 bits per heavy atom. The van der Waals surface area contributed by atoms with Crippen molar-refractivity contribution in [2.75, 3.05) is 19.7 Å². The quantitative estimate of drug-likeness (QED) is 0.715. The maximum atomic E-state index is 12.2. The molecule has 0 saturated heterocycles. The third-order valence-electron chi connectivity index (χ3n) is 3.52. The highest BCUT2D eigenvalue weighted by molar-refractivity contribution is 8.07. The second kappa shape index (κ2) is 7.43. The minimum Gasteiger partial charge on any atom is -0.462 e. The fourth-order valence-electron chi connectivity index (χ4n) is 2.51. The number of hydrogen-bond donors (Lipinski definition) is 0. The van der Waals surface area contributed by atoms with E-state index in [1.807, 2.05) is 33.8 Å². The summed E-state index contributed by atoms with van der Waals surface area (Å²) in [6.07, 6.45) is 4.10. The van der Waals surface area contributed by atoms with Gasteiger partial charge in [-0.2, -0.15) is 0 Å². The molecule has 6 heteroatoms. The van der Waals surface area contributed by atoms with E-state index in [0.717, 1.165) is 19.3 Å². The van der Waals surface area contributed by atoms with E-state index in [2.05, 4.69) is 0 Å². The number of allylic oxidation sites excluding steroid dienone is 1. The molecule has 0 radical (unpaired) electrons. The second-order valence-electron chi connectivity index (χ2n) is 6.61. The molecule has 0 saturated carbocycles. The summed E-state index contributed by atoms with van der Waals surface area (Å²) in [7, 11) is 0. The Morgan fingerprint density at radius 2 is 2.04 bits per heavy atom. The Morgan fingerprint density at radius 1 is 1.30 bits per heavy atom. The molecule has 2 aliphatic heterocycles. The largest absolute Gasteiger partial charge is 0.462 e. The van der Waals surface area contributed by atoms with Gasteiger partial charge in [0.15, 0.2) is 0 Å². The van der Waals surface area contributed by atoms with Gasteiger partial charge in [-0.1, -0.05) is 17.8 Å². The van der Waals surface area contributed by atoms with E-state index in [1.54, 1.807) is 4.90 Å². The Kier molecular flexibility index (Phi) is 5.79. The first-order valence-corrected chi connectivity index (χ1v) is 8.85. The first kappa shape index (κ1) is 17.9. The molecule has 0 spiro atoms. The molecule has 0 aliphatic carbocycles. The summed E-state index contributed by atoms with van der Waals surface area (Å²) in [5, 5.41) is 0. The van der Waals surface area contributed by atoms with Crippen LogP contribution in [0.5, 0.6) is 0 Å². The van der Waals surface area contributed by atoms with Crippen molar-refractivity contribution in [1.29, 1.82) is 0 Å². The molecular formula is C17H25NO4S. The Balaban J connectivity index is 2.03. The van der Waals surface area contributed by atoms with Crippen molar-refractivity contribution in [2.24, 2.45) is 0 Å². The Labute approximate surface area is 142 Å². The molecule has 0 atom stereocenters. The zero-order valence-corrected chi connectivity index (χ0v) is 15.1. The van der Waals surface area contributed by atoms with Gasteiger partial charge in [0.2, 0.25) is 0 Å². The molecule has 0 aromatic rings. The lowest BCUT2D eigenvalue weighted by molar-refractivity contribution is -0.137. The normalized spacial score (nSPS) is 18.8.